The van der Waals surface area contributed by atoms with Crippen LogP contribution in [0.2, 0.25) is 0 Å². The Labute approximate surface area is 51.2 Å². The molecule has 0 unspecified atom stereocenters. The molecule has 0 amide bonds. The van der Waals surface area contributed by atoms with Crippen LogP contribution in [0.3, 0.4) is 0 Å². The lowest BCUT2D eigenvalue weighted by atomic mass is 10.3. The van der Waals surface area contributed by atoms with E-state index in [2.05, 4.69) is 15.9 Å². The van der Waals surface area contributed by atoms with Gasteiger partial charge in [-0.3, -0.25) is 0 Å². The molecule has 7 heavy (non-hydrogen) atoms. The molecule has 1 fully saturated rings. The molecule has 0 spiro atoms. The molecule has 1 aliphatic rings. The maximum Gasteiger partial charge on any atom is 0.133 e. The number of alkyl halides is 1. The summed E-state index contributed by atoms with van der Waals surface area (Å²) in [4.78, 5) is 10.1. The third-order valence-corrected chi connectivity index (χ3v) is 2.17. The number of aldehydes is 1. The van der Waals surface area contributed by atoms with E-state index < -0.39 is 0 Å². The van der Waals surface area contributed by atoms with Gasteiger partial charge in [0.1, 0.15) is 6.29 Å². The third-order valence-electron chi connectivity index (χ3n) is 1.20. The van der Waals surface area contributed by atoms with Gasteiger partial charge in [-0.1, -0.05) is 15.9 Å². The second-order valence-corrected chi connectivity index (χ2v) is 2.98. The lowest BCUT2D eigenvalue weighted by Gasteiger charge is -1.90. The van der Waals surface area contributed by atoms with Gasteiger partial charge in [-0.25, -0.2) is 0 Å². The van der Waals surface area contributed by atoms with Crippen LogP contribution in [0.1, 0.15) is 12.8 Å². The van der Waals surface area contributed by atoms with E-state index in [1.165, 1.54) is 12.8 Å². The zero-order valence-electron chi connectivity index (χ0n) is 3.93. The number of carbonyl (C=O) groups is 1. The molecule has 0 bridgehead atoms. The molecule has 0 saturated heterocycles. The van der Waals surface area contributed by atoms with Gasteiger partial charge in [0.25, 0.3) is 0 Å². The monoisotopic (exact) mass is 162 g/mol. The van der Waals surface area contributed by atoms with Crippen LogP contribution in [0.15, 0.2) is 0 Å². The molecular weight excluding hydrogens is 156 g/mol. The van der Waals surface area contributed by atoms with Gasteiger partial charge < -0.3 is 4.79 Å². The molecule has 0 aromatic rings. The molecule has 0 N–H and O–H groups in total. The fourth-order valence-corrected chi connectivity index (χ4v) is 1.05. The van der Waals surface area contributed by atoms with Gasteiger partial charge in [-0.15, -0.1) is 0 Å². The van der Waals surface area contributed by atoms with Crippen LogP contribution < -0.4 is 0 Å². The molecule has 0 aromatic heterocycles. The van der Waals surface area contributed by atoms with E-state index in [-0.39, 0.29) is 4.83 Å². The van der Waals surface area contributed by atoms with Crippen molar-refractivity contribution in [3.63, 3.8) is 0 Å². The Morgan fingerprint density at radius 3 is 2.43 bits per heavy atom. The Balaban J connectivity index is 2.22. The summed E-state index contributed by atoms with van der Waals surface area (Å²) in [6.07, 6.45) is 3.43. The molecule has 1 nitrogen and oxygen atoms in total. The number of rotatable bonds is 2. The lowest BCUT2D eigenvalue weighted by molar-refractivity contribution is -0.107. The van der Waals surface area contributed by atoms with Crippen molar-refractivity contribution < 1.29 is 4.79 Å². The number of hydrogen-bond donors (Lipinski definition) is 0. The van der Waals surface area contributed by atoms with Crippen LogP contribution in [0, 0.1) is 5.92 Å². The Morgan fingerprint density at radius 1 is 1.71 bits per heavy atom. The predicted octanol–water partition coefficient (Wildman–Crippen LogP) is 1.36. The smallest absolute Gasteiger partial charge is 0.133 e. The van der Waals surface area contributed by atoms with Crippen molar-refractivity contribution in [2.24, 2.45) is 5.92 Å². The van der Waals surface area contributed by atoms with Crippen LogP contribution in [0.4, 0.5) is 0 Å². The molecular formula is C5H7BrO. The van der Waals surface area contributed by atoms with E-state index in [9.17, 15) is 4.79 Å². The van der Waals surface area contributed by atoms with Crippen molar-refractivity contribution in [2.75, 3.05) is 0 Å². The summed E-state index contributed by atoms with van der Waals surface area (Å²) in [6, 6.07) is 0. The molecule has 2 heteroatoms. The van der Waals surface area contributed by atoms with Crippen molar-refractivity contribution in [3.8, 4) is 0 Å². The van der Waals surface area contributed by atoms with E-state index in [1.807, 2.05) is 0 Å². The maximum atomic E-state index is 9.94. The van der Waals surface area contributed by atoms with Crippen LogP contribution in [-0.2, 0) is 4.79 Å². The van der Waals surface area contributed by atoms with E-state index in [4.69, 9.17) is 0 Å². The average molecular weight is 163 g/mol. The lowest BCUT2D eigenvalue weighted by Crippen LogP contribution is -1.99. The fourth-order valence-electron chi connectivity index (χ4n) is 0.526. The molecule has 1 saturated carbocycles. The first kappa shape index (κ1) is 5.29. The highest BCUT2D eigenvalue weighted by atomic mass is 79.9. The van der Waals surface area contributed by atoms with E-state index >= 15 is 0 Å². The first-order valence-corrected chi connectivity index (χ1v) is 3.35. The number of carbonyl (C=O) groups excluding carboxylic acids is 1. The van der Waals surface area contributed by atoms with Crippen LogP contribution >= 0.6 is 15.9 Å². The summed E-state index contributed by atoms with van der Waals surface area (Å²) >= 11 is 3.24. The second-order valence-electron chi connectivity index (χ2n) is 1.92. The van der Waals surface area contributed by atoms with Crippen molar-refractivity contribution >= 4 is 22.2 Å². The minimum atomic E-state index is 0.146. The molecule has 40 valence electrons. The summed E-state index contributed by atoms with van der Waals surface area (Å²) in [7, 11) is 0. The highest BCUT2D eigenvalue weighted by Crippen LogP contribution is 2.35. The van der Waals surface area contributed by atoms with Gasteiger partial charge in [0.2, 0.25) is 0 Å². The quantitative estimate of drug-likeness (QED) is 0.443. The second kappa shape index (κ2) is 1.95. The first-order chi connectivity index (χ1) is 3.34. The highest BCUT2D eigenvalue weighted by Gasteiger charge is 2.28. The van der Waals surface area contributed by atoms with Crippen LogP contribution in [0.25, 0.3) is 0 Å². The van der Waals surface area contributed by atoms with E-state index in [0.29, 0.717) is 5.92 Å². The van der Waals surface area contributed by atoms with Crippen molar-refractivity contribution in [1.82, 2.24) is 0 Å². The summed E-state index contributed by atoms with van der Waals surface area (Å²) in [5, 5.41) is 0. The Hall–Kier alpha value is 0.150. The Bertz CT molecular complexity index is 78.1. The standard InChI is InChI=1S/C5H7BrO/c6-5(3-7)4-1-2-4/h3-5H,1-2H2/t5-/m1/s1. The number of hydrogen-bond acceptors (Lipinski definition) is 1. The van der Waals surface area contributed by atoms with Crippen molar-refractivity contribution in [2.45, 2.75) is 17.7 Å². The molecule has 0 heterocycles. The zero-order chi connectivity index (χ0) is 5.28. The normalized spacial score (nSPS) is 24.1. The van der Waals surface area contributed by atoms with E-state index in [1.54, 1.807) is 0 Å². The van der Waals surface area contributed by atoms with Gasteiger partial charge in [0.15, 0.2) is 0 Å². The van der Waals surface area contributed by atoms with Gasteiger partial charge >= 0.3 is 0 Å². The minimum Gasteiger partial charge on any atom is -0.302 e. The SMILES string of the molecule is O=C[C@@H](Br)C1CC1. The van der Waals surface area contributed by atoms with Gasteiger partial charge in [0.05, 0.1) is 4.83 Å². The fraction of sp³-hybridized carbons (Fsp3) is 0.800. The molecule has 1 atom stereocenters. The van der Waals surface area contributed by atoms with Crippen molar-refractivity contribution in [3.05, 3.63) is 0 Å². The van der Waals surface area contributed by atoms with Crippen molar-refractivity contribution in [1.29, 1.82) is 0 Å². The molecule has 0 aromatic carbocycles. The van der Waals surface area contributed by atoms with Crippen LogP contribution in [-0.4, -0.2) is 11.1 Å². The maximum absolute atomic E-state index is 9.94. The molecule has 1 aliphatic carbocycles. The summed E-state index contributed by atoms with van der Waals surface area (Å²) < 4.78 is 0. The topological polar surface area (TPSA) is 17.1 Å². The summed E-state index contributed by atoms with van der Waals surface area (Å²) in [5.41, 5.74) is 0. The number of halogens is 1. The first-order valence-electron chi connectivity index (χ1n) is 2.44. The third kappa shape index (κ3) is 1.27. The summed E-state index contributed by atoms with van der Waals surface area (Å²) in [5.74, 6) is 0.664. The highest BCUT2D eigenvalue weighted by molar-refractivity contribution is 9.10. The molecule has 0 radical (unpaired) electrons. The van der Waals surface area contributed by atoms with Gasteiger partial charge in [-0.2, -0.15) is 0 Å². The van der Waals surface area contributed by atoms with E-state index in [0.717, 1.165) is 6.29 Å². The largest absolute Gasteiger partial charge is 0.302 e. The predicted molar refractivity (Wildman–Crippen MR) is 31.5 cm³/mol. The minimum absolute atomic E-state index is 0.146. The van der Waals surface area contributed by atoms with Gasteiger partial charge in [-0.05, 0) is 18.8 Å². The van der Waals surface area contributed by atoms with Gasteiger partial charge in [0, 0.05) is 0 Å². The average Bonchev–Trinajstić information content (AvgIpc) is 2.44. The zero-order valence-corrected chi connectivity index (χ0v) is 5.52. The Kier molecular flexibility index (Phi) is 1.47. The molecule has 1 rings (SSSR count). The Morgan fingerprint density at radius 2 is 2.29 bits per heavy atom. The summed E-state index contributed by atoms with van der Waals surface area (Å²) in [6.45, 7) is 0. The van der Waals surface area contributed by atoms with Crippen LogP contribution in [0.5, 0.6) is 0 Å². The molecule has 0 aliphatic heterocycles.